The van der Waals surface area contributed by atoms with Crippen LogP contribution in [0.3, 0.4) is 0 Å². The van der Waals surface area contributed by atoms with E-state index in [-0.39, 0.29) is 6.61 Å². The second-order valence-corrected chi connectivity index (χ2v) is 3.06. The molecule has 1 heterocycles. The van der Waals surface area contributed by atoms with Crippen LogP contribution < -0.4 is 0 Å². The minimum Gasteiger partial charge on any atom is -0.396 e. The lowest BCUT2D eigenvalue weighted by atomic mass is 10.1. The second kappa shape index (κ2) is 4.00. The third kappa shape index (κ3) is 1.63. The van der Waals surface area contributed by atoms with E-state index >= 15 is 0 Å². The standard InChI is InChI=1S/C9H9N5O/c10-14-12-8(5-15)9-6-3-1-2-4-7(6)11-13-9/h1-4,8,15H,5H2,(H,11,13). The highest BCUT2D eigenvalue weighted by Gasteiger charge is 2.13. The molecule has 0 aliphatic heterocycles. The van der Waals surface area contributed by atoms with Gasteiger partial charge in [-0.05, 0) is 11.6 Å². The highest BCUT2D eigenvalue weighted by molar-refractivity contribution is 5.81. The molecule has 2 aromatic rings. The highest BCUT2D eigenvalue weighted by atomic mass is 16.3. The van der Waals surface area contributed by atoms with Crippen molar-refractivity contribution >= 4 is 10.9 Å². The van der Waals surface area contributed by atoms with Gasteiger partial charge in [0.05, 0.1) is 17.8 Å². The number of H-pyrrole nitrogens is 1. The number of hydrogen-bond acceptors (Lipinski definition) is 3. The summed E-state index contributed by atoms with van der Waals surface area (Å²) in [7, 11) is 0. The van der Waals surface area contributed by atoms with Crippen LogP contribution in [0.5, 0.6) is 0 Å². The molecule has 0 radical (unpaired) electrons. The minimum absolute atomic E-state index is 0.240. The Kier molecular flexibility index (Phi) is 2.53. The molecule has 15 heavy (non-hydrogen) atoms. The van der Waals surface area contributed by atoms with Crippen molar-refractivity contribution < 1.29 is 5.11 Å². The fourth-order valence-electron chi connectivity index (χ4n) is 1.48. The van der Waals surface area contributed by atoms with Crippen molar-refractivity contribution in [2.45, 2.75) is 6.04 Å². The highest BCUT2D eigenvalue weighted by Crippen LogP contribution is 2.23. The average molecular weight is 203 g/mol. The van der Waals surface area contributed by atoms with Crippen molar-refractivity contribution in [2.24, 2.45) is 5.11 Å². The first-order valence-electron chi connectivity index (χ1n) is 4.45. The van der Waals surface area contributed by atoms with E-state index in [4.69, 9.17) is 10.6 Å². The molecule has 0 bridgehead atoms. The summed E-state index contributed by atoms with van der Waals surface area (Å²) in [5.74, 6) is 0. The van der Waals surface area contributed by atoms with Crippen LogP contribution in [0.2, 0.25) is 0 Å². The van der Waals surface area contributed by atoms with E-state index in [1.807, 2.05) is 24.3 Å². The Morgan fingerprint density at radius 1 is 1.53 bits per heavy atom. The predicted molar refractivity (Wildman–Crippen MR) is 55.1 cm³/mol. The number of hydrogen-bond donors (Lipinski definition) is 2. The quantitative estimate of drug-likeness (QED) is 0.452. The number of benzene rings is 1. The maximum absolute atomic E-state index is 9.08. The lowest BCUT2D eigenvalue weighted by molar-refractivity contribution is 0.266. The maximum Gasteiger partial charge on any atom is 0.103 e. The first-order valence-corrected chi connectivity index (χ1v) is 4.45. The van der Waals surface area contributed by atoms with Crippen molar-refractivity contribution in [1.82, 2.24) is 10.2 Å². The summed E-state index contributed by atoms with van der Waals surface area (Å²) >= 11 is 0. The third-order valence-corrected chi connectivity index (χ3v) is 2.19. The monoisotopic (exact) mass is 203 g/mol. The first-order chi connectivity index (χ1) is 7.36. The molecule has 1 unspecified atom stereocenters. The van der Waals surface area contributed by atoms with E-state index in [1.165, 1.54) is 0 Å². The van der Waals surface area contributed by atoms with Gasteiger partial charge in [-0.1, -0.05) is 23.3 Å². The summed E-state index contributed by atoms with van der Waals surface area (Å²) in [4.78, 5) is 2.69. The molecule has 76 valence electrons. The molecule has 2 N–H and O–H groups in total. The molecule has 0 spiro atoms. The van der Waals surface area contributed by atoms with Gasteiger partial charge in [-0.15, -0.1) is 0 Å². The number of rotatable bonds is 3. The first kappa shape index (κ1) is 9.51. The van der Waals surface area contributed by atoms with Crippen molar-refractivity contribution in [2.75, 3.05) is 6.61 Å². The Labute approximate surface area is 85.2 Å². The summed E-state index contributed by atoms with van der Waals surface area (Å²) < 4.78 is 0. The number of aliphatic hydroxyl groups is 1. The molecule has 1 aromatic heterocycles. The Balaban J connectivity index is 2.55. The molecule has 0 aliphatic rings. The van der Waals surface area contributed by atoms with Crippen LogP contribution in [-0.2, 0) is 0 Å². The lowest BCUT2D eigenvalue weighted by Gasteiger charge is -2.04. The van der Waals surface area contributed by atoms with Gasteiger partial charge in [0.25, 0.3) is 0 Å². The maximum atomic E-state index is 9.08. The predicted octanol–water partition coefficient (Wildman–Crippen LogP) is 1.91. The Bertz CT molecular complexity index is 514. The van der Waals surface area contributed by atoms with Crippen molar-refractivity contribution in [1.29, 1.82) is 0 Å². The van der Waals surface area contributed by atoms with Crippen LogP contribution in [0.25, 0.3) is 21.3 Å². The molecule has 0 amide bonds. The van der Waals surface area contributed by atoms with Gasteiger partial charge in [-0.3, -0.25) is 5.10 Å². The summed E-state index contributed by atoms with van der Waals surface area (Å²) in [5, 5.41) is 20.3. The van der Waals surface area contributed by atoms with E-state index in [2.05, 4.69) is 20.2 Å². The van der Waals surface area contributed by atoms with Gasteiger partial charge in [0, 0.05) is 10.3 Å². The number of para-hydroxylation sites is 1. The van der Waals surface area contributed by atoms with Gasteiger partial charge in [0.15, 0.2) is 0 Å². The van der Waals surface area contributed by atoms with Gasteiger partial charge in [-0.2, -0.15) is 5.10 Å². The number of azide groups is 1. The SMILES string of the molecule is [N-]=[N+]=NC(CO)c1[nH]nc2ccccc12. The zero-order valence-corrected chi connectivity index (χ0v) is 7.83. The van der Waals surface area contributed by atoms with Gasteiger partial charge in [0.2, 0.25) is 0 Å². The number of aromatic nitrogens is 2. The Hall–Kier alpha value is -2.04. The molecule has 1 atom stereocenters. The summed E-state index contributed by atoms with van der Waals surface area (Å²) in [6, 6.07) is 6.84. The zero-order chi connectivity index (χ0) is 10.7. The smallest absolute Gasteiger partial charge is 0.103 e. The molecule has 0 saturated carbocycles. The van der Waals surface area contributed by atoms with Crippen LogP contribution in [0.15, 0.2) is 29.4 Å². The number of aliphatic hydroxyl groups excluding tert-OH is 1. The van der Waals surface area contributed by atoms with Gasteiger partial charge in [-0.25, -0.2) is 0 Å². The summed E-state index contributed by atoms with van der Waals surface area (Å²) in [6.45, 7) is -0.240. The fourth-order valence-corrected chi connectivity index (χ4v) is 1.48. The molecular formula is C9H9N5O. The molecule has 0 aliphatic carbocycles. The number of nitrogens with zero attached hydrogens (tertiary/aromatic N) is 4. The van der Waals surface area contributed by atoms with Crippen LogP contribution in [0.1, 0.15) is 11.7 Å². The number of nitrogens with one attached hydrogen (secondary N) is 1. The molecule has 0 fully saturated rings. The van der Waals surface area contributed by atoms with Gasteiger partial charge < -0.3 is 5.11 Å². The van der Waals surface area contributed by atoms with Crippen molar-refractivity contribution in [3.8, 4) is 0 Å². The third-order valence-electron chi connectivity index (χ3n) is 2.19. The number of aromatic amines is 1. The molecule has 0 saturated heterocycles. The minimum atomic E-state index is -0.609. The van der Waals surface area contributed by atoms with E-state index in [0.717, 1.165) is 10.9 Å². The largest absolute Gasteiger partial charge is 0.396 e. The van der Waals surface area contributed by atoms with Crippen LogP contribution in [0.4, 0.5) is 0 Å². The zero-order valence-electron chi connectivity index (χ0n) is 7.83. The summed E-state index contributed by atoms with van der Waals surface area (Å²) in [5.41, 5.74) is 9.79. The molecular weight excluding hydrogens is 194 g/mol. The molecule has 1 aromatic carbocycles. The van der Waals surface area contributed by atoms with Crippen LogP contribution in [0, 0.1) is 0 Å². The van der Waals surface area contributed by atoms with E-state index < -0.39 is 6.04 Å². The lowest BCUT2D eigenvalue weighted by Crippen LogP contribution is -2.00. The Morgan fingerprint density at radius 2 is 2.33 bits per heavy atom. The number of fused-ring (bicyclic) bond motifs is 1. The van der Waals surface area contributed by atoms with Gasteiger partial charge >= 0.3 is 0 Å². The topological polar surface area (TPSA) is 97.7 Å². The summed E-state index contributed by atoms with van der Waals surface area (Å²) in [6.07, 6.45) is 0. The average Bonchev–Trinajstić information content (AvgIpc) is 2.70. The van der Waals surface area contributed by atoms with E-state index in [1.54, 1.807) is 0 Å². The van der Waals surface area contributed by atoms with E-state index in [0.29, 0.717) is 5.69 Å². The van der Waals surface area contributed by atoms with Gasteiger partial charge in [0.1, 0.15) is 6.04 Å². The molecule has 2 rings (SSSR count). The van der Waals surface area contributed by atoms with E-state index in [9.17, 15) is 0 Å². The van der Waals surface area contributed by atoms with Crippen molar-refractivity contribution in [3.63, 3.8) is 0 Å². The second-order valence-electron chi connectivity index (χ2n) is 3.06. The van der Waals surface area contributed by atoms with Crippen LogP contribution >= 0.6 is 0 Å². The Morgan fingerprint density at radius 3 is 3.07 bits per heavy atom. The molecule has 6 heteroatoms. The van der Waals surface area contributed by atoms with Crippen LogP contribution in [-0.4, -0.2) is 21.9 Å². The van der Waals surface area contributed by atoms with Crippen molar-refractivity contribution in [3.05, 3.63) is 40.4 Å². The normalized spacial score (nSPS) is 12.3. The molecule has 6 nitrogen and oxygen atoms in total. The fraction of sp³-hybridized carbons (Fsp3) is 0.222.